The van der Waals surface area contributed by atoms with Gasteiger partial charge in [-0.25, -0.2) is 0 Å². The van der Waals surface area contributed by atoms with Crippen molar-refractivity contribution in [1.82, 2.24) is 10.2 Å². The van der Waals surface area contributed by atoms with Crippen LogP contribution in [0.4, 0.5) is 0 Å². The molecule has 1 fully saturated rings. The van der Waals surface area contributed by atoms with E-state index in [2.05, 4.69) is 68.2 Å². The third-order valence-electron chi connectivity index (χ3n) is 4.43. The molecule has 1 aliphatic heterocycles. The molecule has 118 valence electrons. The van der Waals surface area contributed by atoms with Crippen LogP contribution in [-0.4, -0.2) is 49.8 Å². The van der Waals surface area contributed by atoms with Gasteiger partial charge in [-0.05, 0) is 12.5 Å². The van der Waals surface area contributed by atoms with Gasteiger partial charge in [0, 0.05) is 37.1 Å². The van der Waals surface area contributed by atoms with E-state index >= 15 is 0 Å². The second-order valence-electron chi connectivity index (χ2n) is 6.86. The number of hydrogen-bond donors (Lipinski definition) is 1. The van der Waals surface area contributed by atoms with Crippen LogP contribution in [0.3, 0.4) is 0 Å². The molecule has 0 spiro atoms. The summed E-state index contributed by atoms with van der Waals surface area (Å²) in [5, 5.41) is 3.63. The van der Waals surface area contributed by atoms with E-state index in [1.54, 1.807) is 0 Å². The van der Waals surface area contributed by atoms with Crippen LogP contribution in [0.25, 0.3) is 0 Å². The number of nitrogens with zero attached hydrogens (tertiary/aromatic N) is 1. The Morgan fingerprint density at radius 2 is 2.05 bits per heavy atom. The van der Waals surface area contributed by atoms with Crippen molar-refractivity contribution in [2.24, 2.45) is 0 Å². The molecule has 3 heteroatoms. The lowest BCUT2D eigenvalue weighted by Crippen LogP contribution is -2.52. The van der Waals surface area contributed by atoms with Gasteiger partial charge in [0.05, 0.1) is 13.2 Å². The molecule has 0 bridgehead atoms. The summed E-state index contributed by atoms with van der Waals surface area (Å²) in [4.78, 5) is 2.57. The molecular weight excluding hydrogens is 260 g/mol. The zero-order valence-corrected chi connectivity index (χ0v) is 13.9. The van der Waals surface area contributed by atoms with Crippen LogP contribution in [0.5, 0.6) is 0 Å². The lowest BCUT2D eigenvalue weighted by Gasteiger charge is -2.41. The number of nitrogens with one attached hydrogen (secondary N) is 1. The van der Waals surface area contributed by atoms with Crippen LogP contribution >= 0.6 is 0 Å². The van der Waals surface area contributed by atoms with Crippen molar-refractivity contribution in [3.63, 3.8) is 0 Å². The van der Waals surface area contributed by atoms with Gasteiger partial charge in [0.25, 0.3) is 0 Å². The van der Waals surface area contributed by atoms with Crippen LogP contribution in [0.1, 0.15) is 33.3 Å². The standard InChI is InChI=1S/C18H30N2O/c1-15(2)19-13-18(4,17-8-6-5-7-9-17)14-20-10-11-21-12-16(20)3/h5-9,15-16,19H,10-14H2,1-4H3. The van der Waals surface area contributed by atoms with Gasteiger partial charge in [-0.2, -0.15) is 0 Å². The number of rotatable bonds is 6. The first-order valence-corrected chi connectivity index (χ1v) is 8.12. The second-order valence-corrected chi connectivity index (χ2v) is 6.86. The topological polar surface area (TPSA) is 24.5 Å². The van der Waals surface area contributed by atoms with E-state index in [9.17, 15) is 0 Å². The maximum atomic E-state index is 5.57. The summed E-state index contributed by atoms with van der Waals surface area (Å²) in [5.41, 5.74) is 1.54. The average Bonchev–Trinajstić information content (AvgIpc) is 2.49. The minimum atomic E-state index is 0.122. The van der Waals surface area contributed by atoms with Crippen LogP contribution < -0.4 is 5.32 Å². The Morgan fingerprint density at radius 1 is 1.33 bits per heavy atom. The van der Waals surface area contributed by atoms with Crippen molar-refractivity contribution in [2.75, 3.05) is 32.8 Å². The van der Waals surface area contributed by atoms with Crippen LogP contribution in [0, 0.1) is 0 Å². The molecule has 1 heterocycles. The number of ether oxygens (including phenoxy) is 1. The second kappa shape index (κ2) is 7.39. The largest absolute Gasteiger partial charge is 0.379 e. The predicted molar refractivity (Wildman–Crippen MR) is 88.8 cm³/mol. The van der Waals surface area contributed by atoms with Gasteiger partial charge in [0.2, 0.25) is 0 Å². The van der Waals surface area contributed by atoms with Gasteiger partial charge in [-0.15, -0.1) is 0 Å². The molecule has 1 aromatic rings. The SMILES string of the molecule is CC(C)NCC(C)(CN1CCOCC1C)c1ccccc1. The molecule has 0 aliphatic carbocycles. The highest BCUT2D eigenvalue weighted by atomic mass is 16.5. The minimum Gasteiger partial charge on any atom is -0.379 e. The van der Waals surface area contributed by atoms with Gasteiger partial charge in [-0.1, -0.05) is 51.1 Å². The molecule has 1 aromatic carbocycles. The van der Waals surface area contributed by atoms with Gasteiger partial charge in [0.15, 0.2) is 0 Å². The van der Waals surface area contributed by atoms with Crippen molar-refractivity contribution in [2.45, 2.75) is 45.2 Å². The molecule has 0 amide bonds. The van der Waals surface area contributed by atoms with Gasteiger partial charge in [-0.3, -0.25) is 4.90 Å². The lowest BCUT2D eigenvalue weighted by molar-refractivity contribution is -0.00968. The normalized spacial score (nSPS) is 23.2. The monoisotopic (exact) mass is 290 g/mol. The molecule has 2 unspecified atom stereocenters. The molecule has 0 radical (unpaired) electrons. The summed E-state index contributed by atoms with van der Waals surface area (Å²) >= 11 is 0. The highest BCUT2D eigenvalue weighted by molar-refractivity contribution is 5.26. The summed E-state index contributed by atoms with van der Waals surface area (Å²) in [7, 11) is 0. The number of hydrogen-bond acceptors (Lipinski definition) is 3. The zero-order valence-electron chi connectivity index (χ0n) is 13.9. The zero-order chi connectivity index (χ0) is 15.3. The fourth-order valence-corrected chi connectivity index (χ4v) is 2.96. The lowest BCUT2D eigenvalue weighted by atomic mass is 9.81. The van der Waals surface area contributed by atoms with Crippen molar-refractivity contribution in [3.05, 3.63) is 35.9 Å². The Balaban J connectivity index is 2.15. The molecule has 1 N–H and O–H groups in total. The Bertz CT molecular complexity index is 420. The molecule has 21 heavy (non-hydrogen) atoms. The van der Waals surface area contributed by atoms with Crippen molar-refractivity contribution < 1.29 is 4.74 Å². The number of benzene rings is 1. The van der Waals surface area contributed by atoms with Gasteiger partial charge >= 0.3 is 0 Å². The van der Waals surface area contributed by atoms with E-state index in [-0.39, 0.29) is 5.41 Å². The Labute approximate surface area is 129 Å². The minimum absolute atomic E-state index is 0.122. The number of morpholine rings is 1. The first-order valence-electron chi connectivity index (χ1n) is 8.12. The Morgan fingerprint density at radius 3 is 2.67 bits per heavy atom. The maximum absolute atomic E-state index is 5.57. The van der Waals surface area contributed by atoms with E-state index in [1.165, 1.54) is 5.56 Å². The third kappa shape index (κ3) is 4.53. The van der Waals surface area contributed by atoms with Crippen molar-refractivity contribution in [3.8, 4) is 0 Å². The summed E-state index contributed by atoms with van der Waals surface area (Å²) in [6.45, 7) is 13.9. The van der Waals surface area contributed by atoms with Crippen molar-refractivity contribution in [1.29, 1.82) is 0 Å². The first kappa shape index (κ1) is 16.5. The third-order valence-corrected chi connectivity index (χ3v) is 4.43. The van der Waals surface area contributed by atoms with E-state index in [0.717, 1.165) is 32.8 Å². The highest BCUT2D eigenvalue weighted by Gasteiger charge is 2.32. The fourth-order valence-electron chi connectivity index (χ4n) is 2.96. The molecule has 1 saturated heterocycles. The summed E-state index contributed by atoms with van der Waals surface area (Å²) < 4.78 is 5.57. The molecule has 1 aliphatic rings. The van der Waals surface area contributed by atoms with Crippen LogP contribution in [0.2, 0.25) is 0 Å². The molecule has 2 atom stereocenters. The molecule has 0 saturated carbocycles. The quantitative estimate of drug-likeness (QED) is 0.872. The average molecular weight is 290 g/mol. The van der Waals surface area contributed by atoms with E-state index in [0.29, 0.717) is 12.1 Å². The van der Waals surface area contributed by atoms with E-state index < -0.39 is 0 Å². The smallest absolute Gasteiger partial charge is 0.0619 e. The molecule has 2 rings (SSSR count). The summed E-state index contributed by atoms with van der Waals surface area (Å²) in [5.74, 6) is 0. The molecule has 3 nitrogen and oxygen atoms in total. The maximum Gasteiger partial charge on any atom is 0.0619 e. The fraction of sp³-hybridized carbons (Fsp3) is 0.667. The van der Waals surface area contributed by atoms with Crippen LogP contribution in [-0.2, 0) is 10.2 Å². The molecular formula is C18H30N2O. The van der Waals surface area contributed by atoms with Gasteiger partial charge < -0.3 is 10.1 Å². The highest BCUT2D eigenvalue weighted by Crippen LogP contribution is 2.26. The van der Waals surface area contributed by atoms with E-state index in [1.807, 2.05) is 0 Å². The first-order chi connectivity index (χ1) is 10.0. The van der Waals surface area contributed by atoms with E-state index in [4.69, 9.17) is 4.74 Å². The Hall–Kier alpha value is -0.900. The van der Waals surface area contributed by atoms with Crippen molar-refractivity contribution >= 4 is 0 Å². The van der Waals surface area contributed by atoms with Crippen LogP contribution in [0.15, 0.2) is 30.3 Å². The predicted octanol–water partition coefficient (Wildman–Crippen LogP) is 2.66. The Kier molecular flexibility index (Phi) is 5.80. The summed E-state index contributed by atoms with van der Waals surface area (Å²) in [6.07, 6.45) is 0. The van der Waals surface area contributed by atoms with Gasteiger partial charge in [0.1, 0.15) is 0 Å². The molecule has 0 aromatic heterocycles. The summed E-state index contributed by atoms with van der Waals surface area (Å²) in [6, 6.07) is 11.9.